The van der Waals surface area contributed by atoms with Gasteiger partial charge in [0.15, 0.2) is 0 Å². The van der Waals surface area contributed by atoms with Gasteiger partial charge in [-0.3, -0.25) is 9.78 Å². The van der Waals surface area contributed by atoms with E-state index in [0.29, 0.717) is 24.3 Å². The number of unbranched alkanes of at least 4 members (excludes halogenated alkanes) is 9. The Balaban J connectivity index is 1.37. The largest absolute Gasteiger partial charge is 0.543 e. The molecule has 0 aliphatic heterocycles. The molecule has 16 nitrogen and oxygen atoms in total. The lowest BCUT2D eigenvalue weighted by atomic mass is 10.1. The average molecular weight is 683 g/mol. The highest BCUT2D eigenvalue weighted by molar-refractivity contribution is 5.93. The van der Waals surface area contributed by atoms with Gasteiger partial charge in [-0.15, -0.1) is 0 Å². The molecule has 0 aliphatic rings. The van der Waals surface area contributed by atoms with Crippen LogP contribution in [0.4, 0.5) is 9.59 Å². The van der Waals surface area contributed by atoms with Gasteiger partial charge in [-0.1, -0.05) is 51.4 Å². The van der Waals surface area contributed by atoms with Gasteiger partial charge in [0.05, 0.1) is 51.7 Å². The second-order valence-corrected chi connectivity index (χ2v) is 9.91. The van der Waals surface area contributed by atoms with Crippen molar-refractivity contribution in [2.24, 2.45) is 0 Å². The number of hydrogen-bond acceptors (Lipinski definition) is 16. The van der Waals surface area contributed by atoms with Crippen LogP contribution in [0.15, 0.2) is 36.4 Å². The standard InChI is InChI=1S/C32H42O16/c1-37-23-15-17-25(27(21-23)39-3)29(33)43-47-45-31(35)41-19-13-11-9-7-5-6-8-10-12-14-20-42-32(36)46-48-44-30(34)26-18-16-24(38-2)22-28(26)40-4/h15-18,21-22H,5-14,19-20H2,1-4H3. The quantitative estimate of drug-likeness (QED) is 0.0526. The number of ether oxygens (including phenoxy) is 6. The van der Waals surface area contributed by atoms with Crippen LogP contribution in [0, 0.1) is 0 Å². The van der Waals surface area contributed by atoms with Gasteiger partial charge in [0, 0.05) is 12.1 Å². The number of carbonyl (C=O) groups excluding carboxylic acids is 4. The Labute approximate surface area is 278 Å². The van der Waals surface area contributed by atoms with Crippen molar-refractivity contribution in [2.75, 3.05) is 41.7 Å². The van der Waals surface area contributed by atoms with Crippen LogP contribution in [0.1, 0.15) is 84.9 Å². The molecule has 0 aromatic heterocycles. The molecule has 0 saturated carbocycles. The molecular weight excluding hydrogens is 640 g/mol. The second-order valence-electron chi connectivity index (χ2n) is 9.91. The number of methoxy groups -OCH3 is 4. The molecule has 48 heavy (non-hydrogen) atoms. The van der Waals surface area contributed by atoms with E-state index in [2.05, 4.69) is 29.6 Å². The molecule has 0 N–H and O–H groups in total. The molecule has 2 rings (SSSR count). The molecule has 0 aliphatic carbocycles. The van der Waals surface area contributed by atoms with Gasteiger partial charge < -0.3 is 28.4 Å². The van der Waals surface area contributed by atoms with Crippen LogP contribution in [0.3, 0.4) is 0 Å². The maximum atomic E-state index is 12.1. The smallest absolute Gasteiger partial charge is 0.497 e. The van der Waals surface area contributed by atoms with Crippen LogP contribution in [0.5, 0.6) is 23.0 Å². The fourth-order valence-electron chi connectivity index (χ4n) is 4.15. The Bertz CT molecular complexity index is 1180. The minimum Gasteiger partial charge on any atom is -0.497 e. The first-order valence-electron chi connectivity index (χ1n) is 15.2. The summed E-state index contributed by atoms with van der Waals surface area (Å²) in [4.78, 5) is 64.8. The van der Waals surface area contributed by atoms with E-state index in [0.717, 1.165) is 51.4 Å². The summed E-state index contributed by atoms with van der Waals surface area (Å²) in [5, 5.41) is 8.45. The summed E-state index contributed by atoms with van der Waals surface area (Å²) in [6, 6.07) is 8.86. The van der Waals surface area contributed by atoms with Gasteiger partial charge >= 0.3 is 24.2 Å². The summed E-state index contributed by atoms with van der Waals surface area (Å²) in [6.45, 7) is 0.266. The van der Waals surface area contributed by atoms with Gasteiger partial charge in [0.1, 0.15) is 34.1 Å². The normalized spacial score (nSPS) is 10.3. The number of rotatable bonds is 23. The molecule has 2 aromatic carbocycles. The zero-order valence-electron chi connectivity index (χ0n) is 27.5. The van der Waals surface area contributed by atoms with E-state index in [1.807, 2.05) is 0 Å². The first kappa shape index (κ1) is 39.2. The fraction of sp³-hybridized carbons (Fsp3) is 0.500. The summed E-state index contributed by atoms with van der Waals surface area (Å²) in [5.41, 5.74) is 0.0899. The van der Waals surface area contributed by atoms with Gasteiger partial charge in [-0.25, -0.2) is 29.0 Å². The fourth-order valence-corrected chi connectivity index (χ4v) is 4.15. The van der Waals surface area contributed by atoms with E-state index in [1.165, 1.54) is 64.8 Å². The molecule has 0 amide bonds. The van der Waals surface area contributed by atoms with Crippen LogP contribution < -0.4 is 18.9 Å². The number of benzene rings is 2. The van der Waals surface area contributed by atoms with E-state index in [9.17, 15) is 19.2 Å². The van der Waals surface area contributed by atoms with Crippen molar-refractivity contribution in [3.8, 4) is 23.0 Å². The molecular formula is C32H42O16. The Morgan fingerprint density at radius 2 is 0.812 bits per heavy atom. The Morgan fingerprint density at radius 3 is 1.15 bits per heavy atom. The maximum absolute atomic E-state index is 12.1. The van der Waals surface area contributed by atoms with Crippen molar-refractivity contribution in [1.82, 2.24) is 0 Å². The summed E-state index contributed by atoms with van der Waals surface area (Å²) < 4.78 is 30.1. The van der Waals surface area contributed by atoms with E-state index < -0.39 is 24.2 Å². The number of hydrogen-bond donors (Lipinski definition) is 0. The first-order valence-corrected chi connectivity index (χ1v) is 15.2. The molecule has 0 fully saturated rings. The molecule has 2 aromatic rings. The third-order valence-corrected chi connectivity index (χ3v) is 6.66. The SMILES string of the molecule is COc1ccc(C(=O)OOOC(=O)OCCCCCCCCCCCCOC(=O)OOOC(=O)c2ccc(OC)cc2OC)c(OC)c1. The van der Waals surface area contributed by atoms with Crippen LogP contribution >= 0.6 is 0 Å². The Hall–Kier alpha value is -4.96. The van der Waals surface area contributed by atoms with Crippen molar-refractivity contribution >= 4 is 24.2 Å². The second kappa shape index (κ2) is 23.4. The summed E-state index contributed by atoms with van der Waals surface area (Å²) >= 11 is 0. The predicted octanol–water partition coefficient (Wildman–Crippen LogP) is 6.64. The minimum atomic E-state index is -1.13. The topological polar surface area (TPSA) is 179 Å². The summed E-state index contributed by atoms with van der Waals surface area (Å²) in [5.74, 6) is -0.524. The van der Waals surface area contributed by atoms with Crippen LogP contribution in [0.2, 0.25) is 0 Å². The molecule has 0 unspecified atom stereocenters. The monoisotopic (exact) mass is 682 g/mol. The van der Waals surface area contributed by atoms with E-state index in [1.54, 1.807) is 0 Å². The van der Waals surface area contributed by atoms with Crippen molar-refractivity contribution in [3.63, 3.8) is 0 Å². The van der Waals surface area contributed by atoms with E-state index >= 15 is 0 Å². The highest BCUT2D eigenvalue weighted by atomic mass is 17.5. The van der Waals surface area contributed by atoms with Gasteiger partial charge in [-0.05, 0) is 37.1 Å². The van der Waals surface area contributed by atoms with Gasteiger partial charge in [0.2, 0.25) is 0 Å². The lowest BCUT2D eigenvalue weighted by Gasteiger charge is -2.08. The Morgan fingerprint density at radius 1 is 0.458 bits per heavy atom. The van der Waals surface area contributed by atoms with Gasteiger partial charge in [-0.2, -0.15) is 0 Å². The third-order valence-electron chi connectivity index (χ3n) is 6.66. The molecule has 16 heteroatoms. The summed E-state index contributed by atoms with van der Waals surface area (Å²) in [6.07, 6.45) is 6.96. The molecule has 0 radical (unpaired) electrons. The molecule has 0 heterocycles. The van der Waals surface area contributed by atoms with Crippen molar-refractivity contribution in [1.29, 1.82) is 0 Å². The molecule has 0 atom stereocenters. The summed E-state index contributed by atoms with van der Waals surface area (Å²) in [7, 11) is 5.69. The highest BCUT2D eigenvalue weighted by Gasteiger charge is 2.19. The van der Waals surface area contributed by atoms with Crippen molar-refractivity contribution < 1.29 is 77.2 Å². The zero-order valence-corrected chi connectivity index (χ0v) is 27.5. The van der Waals surface area contributed by atoms with Gasteiger partial charge in [0.25, 0.3) is 0 Å². The van der Waals surface area contributed by atoms with E-state index in [-0.39, 0.29) is 35.8 Å². The Kier molecular flexibility index (Phi) is 19.1. The highest BCUT2D eigenvalue weighted by Crippen LogP contribution is 2.26. The van der Waals surface area contributed by atoms with Crippen LogP contribution in [-0.2, 0) is 39.1 Å². The maximum Gasteiger partial charge on any atom is 0.543 e. The lowest BCUT2D eigenvalue weighted by molar-refractivity contribution is -0.452. The zero-order chi connectivity index (χ0) is 35.0. The van der Waals surface area contributed by atoms with Crippen molar-refractivity contribution in [2.45, 2.75) is 64.2 Å². The predicted molar refractivity (Wildman–Crippen MR) is 163 cm³/mol. The van der Waals surface area contributed by atoms with E-state index in [4.69, 9.17) is 28.4 Å². The molecule has 0 bridgehead atoms. The van der Waals surface area contributed by atoms with Crippen LogP contribution in [0.25, 0.3) is 0 Å². The lowest BCUT2D eigenvalue weighted by Crippen LogP contribution is -2.13. The minimum absolute atomic E-state index is 0.0449. The van der Waals surface area contributed by atoms with Crippen molar-refractivity contribution in [3.05, 3.63) is 47.5 Å². The molecule has 0 saturated heterocycles. The third kappa shape index (κ3) is 15.1. The average Bonchev–Trinajstić information content (AvgIpc) is 3.10. The molecule has 266 valence electrons. The number of carbonyl (C=O) groups is 4. The first-order chi connectivity index (χ1) is 23.3. The van der Waals surface area contributed by atoms with Crippen LogP contribution in [-0.4, -0.2) is 65.9 Å². The molecule has 0 spiro atoms.